The van der Waals surface area contributed by atoms with E-state index in [0.717, 1.165) is 56.3 Å². The first kappa shape index (κ1) is 28.2. The first-order valence-electron chi connectivity index (χ1n) is 15.0. The highest BCUT2D eigenvalue weighted by Crippen LogP contribution is 2.31. The molecule has 224 valence electrons. The van der Waals surface area contributed by atoms with Crippen LogP contribution in [0.1, 0.15) is 23.2 Å². The van der Waals surface area contributed by atoms with Gasteiger partial charge < -0.3 is 18.8 Å². The average molecular weight is 608 g/mol. The average Bonchev–Trinajstić information content (AvgIpc) is 3.74. The zero-order chi connectivity index (χ0) is 29.9. The number of fused-ring (bicyclic) bond motifs is 3. The van der Waals surface area contributed by atoms with E-state index in [0.29, 0.717) is 29.0 Å². The molecule has 0 N–H and O–H groups in total. The number of esters is 1. The molecule has 0 bridgehead atoms. The van der Waals surface area contributed by atoms with Crippen LogP contribution in [-0.2, 0) is 11.5 Å². The topological polar surface area (TPSA) is 77.2 Å². The van der Waals surface area contributed by atoms with Crippen LogP contribution in [0.2, 0.25) is 0 Å². The fourth-order valence-corrected chi connectivity index (χ4v) is 6.69. The van der Waals surface area contributed by atoms with Gasteiger partial charge in [-0.3, -0.25) is 14.3 Å². The number of hydrogen-bond donors (Lipinski definition) is 0. The minimum atomic E-state index is -0.509. The number of carbonyl (C=O) groups is 1. The molecular weight excluding hydrogens is 574 g/mol. The predicted octanol–water partition coefficient (Wildman–Crippen LogP) is 6.76. The lowest BCUT2D eigenvalue weighted by Crippen LogP contribution is -2.46. The molecular formula is C35H33N3O5S. The summed E-state index contributed by atoms with van der Waals surface area (Å²) in [6.07, 6.45) is 3.57. The number of hydrogen-bond acceptors (Lipinski definition) is 8. The molecule has 3 aromatic carbocycles. The molecule has 0 amide bonds. The van der Waals surface area contributed by atoms with Crippen molar-refractivity contribution in [2.24, 2.45) is 0 Å². The number of piperazine rings is 1. The molecule has 3 aromatic heterocycles. The normalized spacial score (nSPS) is 14.0. The third-order valence-corrected chi connectivity index (χ3v) is 9.18. The van der Waals surface area contributed by atoms with E-state index < -0.39 is 5.97 Å². The summed E-state index contributed by atoms with van der Waals surface area (Å²) in [5.41, 5.74) is 2.85. The zero-order valence-electron chi connectivity index (χ0n) is 24.3. The summed E-state index contributed by atoms with van der Waals surface area (Å²) >= 11 is 1.80. The molecule has 9 heteroatoms. The number of aromatic nitrogens is 1. The van der Waals surface area contributed by atoms with Gasteiger partial charge in [0.1, 0.15) is 11.3 Å². The van der Waals surface area contributed by atoms with Crippen molar-refractivity contribution >= 4 is 55.0 Å². The highest BCUT2D eigenvalue weighted by Gasteiger charge is 2.18. The van der Waals surface area contributed by atoms with Crippen molar-refractivity contribution < 1.29 is 18.7 Å². The molecule has 7 rings (SSSR count). The number of anilines is 1. The number of rotatable bonds is 10. The maximum atomic E-state index is 12.7. The van der Waals surface area contributed by atoms with Gasteiger partial charge in [-0.05, 0) is 90.8 Å². The minimum Gasteiger partial charge on any atom is -0.494 e. The number of thiophene rings is 1. The number of unbranched alkanes of at least 4 members (excludes halogenated alkanes) is 1. The molecule has 0 saturated carbocycles. The van der Waals surface area contributed by atoms with Crippen LogP contribution >= 0.6 is 11.3 Å². The van der Waals surface area contributed by atoms with Crippen LogP contribution < -0.4 is 15.2 Å². The minimum absolute atomic E-state index is 0.197. The van der Waals surface area contributed by atoms with E-state index in [1.54, 1.807) is 47.9 Å². The SMILES string of the molecule is O=C(OCn1c(=O)ccc2ccc(OCCCCN3CCN(c4cccc5sccc45)CC3)cc21)c1ccc2occc2c1. The van der Waals surface area contributed by atoms with E-state index in [2.05, 4.69) is 39.4 Å². The van der Waals surface area contributed by atoms with Crippen LogP contribution in [0.5, 0.6) is 5.75 Å². The van der Waals surface area contributed by atoms with Crippen LogP contribution in [0.4, 0.5) is 5.69 Å². The van der Waals surface area contributed by atoms with Gasteiger partial charge in [0.05, 0.1) is 24.0 Å². The number of pyridine rings is 1. The quantitative estimate of drug-likeness (QED) is 0.126. The van der Waals surface area contributed by atoms with Gasteiger partial charge in [0.2, 0.25) is 0 Å². The molecule has 0 atom stereocenters. The zero-order valence-corrected chi connectivity index (χ0v) is 25.1. The van der Waals surface area contributed by atoms with Gasteiger partial charge in [-0.2, -0.15) is 0 Å². The van der Waals surface area contributed by atoms with Crippen molar-refractivity contribution in [2.75, 3.05) is 44.2 Å². The lowest BCUT2D eigenvalue weighted by atomic mass is 10.2. The van der Waals surface area contributed by atoms with Gasteiger partial charge in [-0.1, -0.05) is 6.07 Å². The van der Waals surface area contributed by atoms with Gasteiger partial charge >= 0.3 is 5.97 Å². The summed E-state index contributed by atoms with van der Waals surface area (Å²) in [7, 11) is 0. The number of nitrogens with zero attached hydrogens (tertiary/aromatic N) is 3. The Kier molecular flexibility index (Phi) is 8.04. The van der Waals surface area contributed by atoms with Crippen molar-refractivity contribution in [3.63, 3.8) is 0 Å². The Morgan fingerprint density at radius 3 is 2.68 bits per heavy atom. The second kappa shape index (κ2) is 12.6. The lowest BCUT2D eigenvalue weighted by molar-refractivity contribution is 0.0374. The van der Waals surface area contributed by atoms with E-state index in [1.165, 1.54) is 26.4 Å². The number of furan rings is 1. The highest BCUT2D eigenvalue weighted by molar-refractivity contribution is 7.17. The molecule has 1 aliphatic rings. The van der Waals surface area contributed by atoms with E-state index in [4.69, 9.17) is 13.9 Å². The Morgan fingerprint density at radius 1 is 0.886 bits per heavy atom. The molecule has 6 aromatic rings. The van der Waals surface area contributed by atoms with Gasteiger partial charge in [0, 0.05) is 59.5 Å². The lowest BCUT2D eigenvalue weighted by Gasteiger charge is -2.36. The van der Waals surface area contributed by atoms with Crippen LogP contribution in [0.25, 0.3) is 32.0 Å². The van der Waals surface area contributed by atoms with Crippen LogP contribution in [0, 0.1) is 0 Å². The Morgan fingerprint density at radius 2 is 1.77 bits per heavy atom. The largest absolute Gasteiger partial charge is 0.494 e. The molecule has 1 aliphatic heterocycles. The third kappa shape index (κ3) is 5.93. The number of carbonyl (C=O) groups excluding carboxylic acids is 1. The summed E-state index contributed by atoms with van der Waals surface area (Å²) in [6.45, 7) is 5.65. The van der Waals surface area contributed by atoms with Crippen molar-refractivity contribution in [2.45, 2.75) is 19.6 Å². The van der Waals surface area contributed by atoms with Crippen LogP contribution in [-0.4, -0.2) is 54.8 Å². The van der Waals surface area contributed by atoms with Crippen LogP contribution in [0.15, 0.2) is 99.7 Å². The molecule has 4 heterocycles. The Labute approximate surface area is 258 Å². The summed E-state index contributed by atoms with van der Waals surface area (Å²) in [6, 6.07) is 24.6. The number of ether oxygens (including phenoxy) is 2. The molecule has 1 saturated heterocycles. The second-order valence-electron chi connectivity index (χ2n) is 11.0. The maximum Gasteiger partial charge on any atom is 0.339 e. The van der Waals surface area contributed by atoms with Gasteiger partial charge in [0.15, 0.2) is 6.73 Å². The first-order chi connectivity index (χ1) is 21.6. The summed E-state index contributed by atoms with van der Waals surface area (Å²) in [5, 5.41) is 5.21. The highest BCUT2D eigenvalue weighted by atomic mass is 32.1. The van der Waals surface area contributed by atoms with E-state index >= 15 is 0 Å². The molecule has 0 aliphatic carbocycles. The van der Waals surface area contributed by atoms with E-state index in [-0.39, 0.29) is 12.3 Å². The van der Waals surface area contributed by atoms with Gasteiger partial charge in [-0.25, -0.2) is 4.79 Å². The monoisotopic (exact) mass is 607 g/mol. The molecule has 1 fully saturated rings. The number of benzene rings is 3. The van der Waals surface area contributed by atoms with Crippen molar-refractivity contribution in [1.82, 2.24) is 9.47 Å². The van der Waals surface area contributed by atoms with E-state index in [9.17, 15) is 9.59 Å². The van der Waals surface area contributed by atoms with Gasteiger partial charge in [-0.15, -0.1) is 11.3 Å². The standard InChI is InChI=1S/C35H33N3O5S/c39-34-11-8-25-6-9-28(23-31(25)38(34)24-43-35(40)27-7-10-32-26(22-27)12-20-42-32)41-19-2-1-14-36-15-17-37(18-16-36)30-4-3-5-33-29(30)13-21-44-33/h3-13,20-23H,1-2,14-19,24H2. The Balaban J connectivity index is 0.904. The third-order valence-electron chi connectivity index (χ3n) is 8.30. The smallest absolute Gasteiger partial charge is 0.339 e. The van der Waals surface area contributed by atoms with Crippen molar-refractivity contribution in [1.29, 1.82) is 0 Å². The van der Waals surface area contributed by atoms with Crippen molar-refractivity contribution in [3.05, 3.63) is 106 Å². The van der Waals surface area contributed by atoms with E-state index in [1.807, 2.05) is 18.2 Å². The fraction of sp³-hybridized carbons (Fsp3) is 0.257. The molecule has 44 heavy (non-hydrogen) atoms. The van der Waals surface area contributed by atoms with Crippen LogP contribution in [0.3, 0.4) is 0 Å². The van der Waals surface area contributed by atoms with Gasteiger partial charge in [0.25, 0.3) is 5.56 Å². The second-order valence-corrected chi connectivity index (χ2v) is 12.0. The summed E-state index contributed by atoms with van der Waals surface area (Å²) < 4.78 is 19.8. The molecule has 8 nitrogen and oxygen atoms in total. The fourth-order valence-electron chi connectivity index (χ4n) is 5.88. The van der Waals surface area contributed by atoms with Crippen molar-refractivity contribution in [3.8, 4) is 5.75 Å². The Hall–Kier alpha value is -4.60. The molecule has 0 radical (unpaired) electrons. The molecule has 0 spiro atoms. The summed E-state index contributed by atoms with van der Waals surface area (Å²) in [5.74, 6) is 0.176. The molecule has 0 unspecified atom stereocenters. The first-order valence-corrected chi connectivity index (χ1v) is 15.8. The predicted molar refractivity (Wildman–Crippen MR) is 175 cm³/mol. The Bertz CT molecular complexity index is 1990. The summed E-state index contributed by atoms with van der Waals surface area (Å²) in [4.78, 5) is 30.5. The maximum absolute atomic E-state index is 12.7.